The summed E-state index contributed by atoms with van der Waals surface area (Å²) in [6.07, 6.45) is 4.44. The number of fused-ring (bicyclic) bond motifs is 10. The normalized spacial score (nSPS) is 16.1. The molecule has 2 atom stereocenters. The number of rotatable bonds is 4. The van der Waals surface area contributed by atoms with Crippen LogP contribution in [-0.4, -0.2) is 21.0 Å². The fourth-order valence-electron chi connectivity index (χ4n) is 8.06. The van der Waals surface area contributed by atoms with Gasteiger partial charge in [-0.15, -0.1) is 11.3 Å². The van der Waals surface area contributed by atoms with Gasteiger partial charge in [-0.1, -0.05) is 115 Å². The molecule has 0 saturated carbocycles. The Morgan fingerprint density at radius 1 is 0.569 bits per heavy atom. The Morgan fingerprint density at radius 2 is 1.27 bits per heavy atom. The fourth-order valence-corrected chi connectivity index (χ4v) is 9.20. The van der Waals surface area contributed by atoms with E-state index >= 15 is 0 Å². The van der Waals surface area contributed by atoms with Crippen LogP contribution in [-0.2, 0) is 0 Å². The topological polar surface area (TPSA) is 55.1 Å². The van der Waals surface area contributed by atoms with E-state index in [9.17, 15) is 0 Å². The summed E-state index contributed by atoms with van der Waals surface area (Å²) in [7, 11) is 0. The van der Waals surface area contributed by atoms with Crippen LogP contribution in [0.1, 0.15) is 22.8 Å². The lowest BCUT2D eigenvalue weighted by atomic mass is 9.82. The smallest absolute Gasteiger partial charge is 0.167 e. The van der Waals surface area contributed by atoms with Crippen molar-refractivity contribution in [1.82, 2.24) is 15.0 Å². The Kier molecular flexibility index (Phi) is 6.18. The molecule has 1 aliphatic heterocycles. The van der Waals surface area contributed by atoms with Crippen molar-refractivity contribution in [2.75, 3.05) is 4.90 Å². The first-order valence-corrected chi connectivity index (χ1v) is 18.0. The highest BCUT2D eigenvalue weighted by atomic mass is 32.1. The molecule has 4 heterocycles. The summed E-state index contributed by atoms with van der Waals surface area (Å²) in [5, 5.41) is 3.60. The molecule has 9 aromatic rings. The van der Waals surface area contributed by atoms with E-state index in [4.69, 9.17) is 19.4 Å². The van der Waals surface area contributed by atoms with Gasteiger partial charge in [-0.2, -0.15) is 0 Å². The predicted octanol–water partition coefficient (Wildman–Crippen LogP) is 11.7. The molecule has 2 aliphatic rings. The Hall–Kier alpha value is -6.37. The van der Waals surface area contributed by atoms with Crippen molar-refractivity contribution < 1.29 is 4.42 Å². The molecule has 5 nitrogen and oxygen atoms in total. The Balaban J connectivity index is 1.09. The molecule has 6 heteroatoms. The van der Waals surface area contributed by atoms with Crippen LogP contribution in [0.2, 0.25) is 0 Å². The molecule has 0 N–H and O–H groups in total. The zero-order chi connectivity index (χ0) is 33.5. The highest BCUT2D eigenvalue weighted by Gasteiger charge is 2.43. The van der Waals surface area contributed by atoms with Gasteiger partial charge in [0, 0.05) is 59.5 Å². The largest absolute Gasteiger partial charge is 0.456 e. The first kappa shape index (κ1) is 28.5. The van der Waals surface area contributed by atoms with E-state index in [-0.39, 0.29) is 12.0 Å². The monoisotopic (exact) mass is 672 g/mol. The molecule has 1 aliphatic carbocycles. The molecule has 3 aromatic heterocycles. The van der Waals surface area contributed by atoms with Gasteiger partial charge in [0.25, 0.3) is 0 Å². The van der Waals surface area contributed by atoms with Crippen molar-refractivity contribution in [2.24, 2.45) is 0 Å². The van der Waals surface area contributed by atoms with E-state index in [0.717, 1.165) is 33.4 Å². The van der Waals surface area contributed by atoms with Gasteiger partial charge < -0.3 is 9.32 Å². The van der Waals surface area contributed by atoms with Gasteiger partial charge in [-0.25, -0.2) is 15.0 Å². The number of benzene rings is 6. The molecular formula is C45H28N4OS. The molecule has 0 fully saturated rings. The summed E-state index contributed by atoms with van der Waals surface area (Å²) in [5.74, 6) is 2.85. The highest BCUT2D eigenvalue weighted by molar-refractivity contribution is 7.25. The van der Waals surface area contributed by atoms with Gasteiger partial charge in [0.2, 0.25) is 0 Å². The van der Waals surface area contributed by atoms with Gasteiger partial charge in [0.15, 0.2) is 17.5 Å². The van der Waals surface area contributed by atoms with Gasteiger partial charge in [-0.05, 0) is 48.0 Å². The summed E-state index contributed by atoms with van der Waals surface area (Å²) in [6.45, 7) is 0. The minimum atomic E-state index is 0.111. The van der Waals surface area contributed by atoms with Crippen molar-refractivity contribution in [3.63, 3.8) is 0 Å². The quantitative estimate of drug-likeness (QED) is 0.186. The first-order chi connectivity index (χ1) is 25.3. The molecule has 240 valence electrons. The lowest BCUT2D eigenvalue weighted by Crippen LogP contribution is -2.30. The van der Waals surface area contributed by atoms with E-state index < -0.39 is 0 Å². The Morgan fingerprint density at radius 3 is 2.16 bits per heavy atom. The van der Waals surface area contributed by atoms with E-state index in [1.807, 2.05) is 30.3 Å². The summed E-state index contributed by atoms with van der Waals surface area (Å²) in [6, 6.07) is 51.1. The third-order valence-corrected chi connectivity index (χ3v) is 11.4. The van der Waals surface area contributed by atoms with Gasteiger partial charge in [0.1, 0.15) is 11.3 Å². The number of nitrogens with zero attached hydrogens (tertiary/aromatic N) is 4. The third-order valence-electron chi connectivity index (χ3n) is 10.3. The second-order valence-corrected chi connectivity index (χ2v) is 14.2. The van der Waals surface area contributed by atoms with Gasteiger partial charge in [-0.3, -0.25) is 0 Å². The second kappa shape index (κ2) is 11.1. The average molecular weight is 673 g/mol. The van der Waals surface area contributed by atoms with Crippen LogP contribution in [0.3, 0.4) is 0 Å². The molecule has 2 unspecified atom stereocenters. The Labute approximate surface area is 297 Å². The van der Waals surface area contributed by atoms with E-state index in [2.05, 4.69) is 132 Å². The number of hydrogen-bond donors (Lipinski definition) is 0. The standard InChI is InChI=1S/C45H28N4OS/c1-3-12-27(13-4-1)43-46-44(28-22-23-31-30-16-8-10-21-38(30)51-39(31)26-28)48-45(47-43)34-19-11-18-33-41-37(50-42(33)34)25-24-36-40(41)32-17-7-9-20-35(32)49(36)29-14-5-2-6-15-29/h1-26,36,40H. The van der Waals surface area contributed by atoms with Crippen molar-refractivity contribution in [3.05, 3.63) is 169 Å². The minimum absolute atomic E-state index is 0.111. The van der Waals surface area contributed by atoms with Gasteiger partial charge in [0.05, 0.1) is 11.6 Å². The second-order valence-electron chi connectivity index (χ2n) is 13.1. The number of furan rings is 1. The predicted molar refractivity (Wildman–Crippen MR) is 208 cm³/mol. The number of hydrogen-bond acceptors (Lipinski definition) is 6. The maximum atomic E-state index is 6.82. The fraction of sp³-hybridized carbons (Fsp3) is 0.0444. The number of para-hydroxylation sites is 3. The van der Waals surface area contributed by atoms with Crippen LogP contribution < -0.4 is 4.90 Å². The van der Waals surface area contributed by atoms with Crippen molar-refractivity contribution in [2.45, 2.75) is 12.0 Å². The summed E-state index contributed by atoms with van der Waals surface area (Å²) in [4.78, 5) is 17.8. The number of aromatic nitrogens is 3. The van der Waals surface area contributed by atoms with Crippen LogP contribution in [0.15, 0.2) is 156 Å². The first-order valence-electron chi connectivity index (χ1n) is 17.2. The maximum absolute atomic E-state index is 6.82. The molecule has 51 heavy (non-hydrogen) atoms. The maximum Gasteiger partial charge on any atom is 0.167 e. The van der Waals surface area contributed by atoms with E-state index in [1.54, 1.807) is 11.3 Å². The van der Waals surface area contributed by atoms with Gasteiger partial charge >= 0.3 is 0 Å². The van der Waals surface area contributed by atoms with Crippen molar-refractivity contribution in [3.8, 4) is 34.2 Å². The lowest BCUT2D eigenvalue weighted by molar-refractivity contribution is 0.584. The number of anilines is 2. The molecule has 0 bridgehead atoms. The van der Waals surface area contributed by atoms with Crippen molar-refractivity contribution >= 4 is 59.9 Å². The summed E-state index contributed by atoms with van der Waals surface area (Å²) in [5.41, 5.74) is 8.45. The van der Waals surface area contributed by atoms with E-state index in [1.165, 1.54) is 42.7 Å². The molecule has 0 radical (unpaired) electrons. The molecule has 0 amide bonds. The third kappa shape index (κ3) is 4.36. The zero-order valence-electron chi connectivity index (χ0n) is 27.3. The number of thiophene rings is 1. The van der Waals surface area contributed by atoms with Crippen LogP contribution in [0.5, 0.6) is 0 Å². The SMILES string of the molecule is C1=CC2C(c3ccccc3N2c2ccccc2)c2c1oc1c(-c3nc(-c4ccccc4)nc(-c4ccc5c(c4)sc4ccccc45)n3)cccc21. The zero-order valence-corrected chi connectivity index (χ0v) is 28.1. The average Bonchev–Trinajstić information content (AvgIpc) is 3.87. The highest BCUT2D eigenvalue weighted by Crippen LogP contribution is 2.54. The van der Waals surface area contributed by atoms with Crippen LogP contribution in [0.25, 0.3) is 71.4 Å². The molecule has 11 rings (SSSR count). The van der Waals surface area contributed by atoms with Crippen LogP contribution in [0, 0.1) is 0 Å². The molecule has 0 spiro atoms. The van der Waals surface area contributed by atoms with Crippen LogP contribution in [0.4, 0.5) is 11.4 Å². The molecule has 0 saturated heterocycles. The minimum Gasteiger partial charge on any atom is -0.456 e. The van der Waals surface area contributed by atoms with Crippen LogP contribution >= 0.6 is 11.3 Å². The van der Waals surface area contributed by atoms with Crippen molar-refractivity contribution in [1.29, 1.82) is 0 Å². The summed E-state index contributed by atoms with van der Waals surface area (Å²) < 4.78 is 9.30. The Bertz CT molecular complexity index is 2840. The molecular weight excluding hydrogens is 645 g/mol. The molecule has 6 aromatic carbocycles. The lowest BCUT2D eigenvalue weighted by Gasteiger charge is -2.30. The summed E-state index contributed by atoms with van der Waals surface area (Å²) >= 11 is 1.79. The van der Waals surface area contributed by atoms with E-state index in [0.29, 0.717) is 17.5 Å².